The SMILES string of the molecule is CC(=O)NCc1cc(N2CCN(C(=O)OC(C)(C)C)CC2)ccc1[N+](=O)[O-]. The van der Waals surface area contributed by atoms with Gasteiger partial charge >= 0.3 is 6.09 Å². The van der Waals surface area contributed by atoms with Crippen molar-refractivity contribution in [3.63, 3.8) is 0 Å². The normalized spacial score (nSPS) is 14.7. The predicted molar refractivity (Wildman–Crippen MR) is 101 cm³/mol. The first-order valence-electron chi connectivity index (χ1n) is 8.81. The highest BCUT2D eigenvalue weighted by Gasteiger charge is 2.26. The molecule has 0 aliphatic carbocycles. The maximum atomic E-state index is 12.1. The summed E-state index contributed by atoms with van der Waals surface area (Å²) in [6, 6.07) is 4.86. The predicted octanol–water partition coefficient (Wildman–Crippen LogP) is 2.29. The Kier molecular flexibility index (Phi) is 6.24. The Balaban J connectivity index is 2.07. The van der Waals surface area contributed by atoms with Crippen LogP contribution in [-0.2, 0) is 16.1 Å². The van der Waals surface area contributed by atoms with Crippen molar-refractivity contribution >= 4 is 23.4 Å². The molecule has 1 fully saturated rings. The molecule has 1 heterocycles. The number of benzene rings is 1. The fourth-order valence-corrected chi connectivity index (χ4v) is 2.78. The lowest BCUT2D eigenvalue weighted by Crippen LogP contribution is -2.50. The van der Waals surface area contributed by atoms with E-state index >= 15 is 0 Å². The van der Waals surface area contributed by atoms with Gasteiger partial charge in [-0.05, 0) is 32.9 Å². The van der Waals surface area contributed by atoms with E-state index in [1.165, 1.54) is 13.0 Å². The molecule has 0 saturated carbocycles. The summed E-state index contributed by atoms with van der Waals surface area (Å²) in [4.78, 5) is 37.8. The number of nitro groups is 1. The molecule has 1 aromatic rings. The average Bonchev–Trinajstić information content (AvgIpc) is 2.58. The minimum absolute atomic E-state index is 0.0279. The average molecular weight is 378 g/mol. The van der Waals surface area contributed by atoms with Crippen LogP contribution in [0.1, 0.15) is 33.3 Å². The Bertz CT molecular complexity index is 721. The van der Waals surface area contributed by atoms with Gasteiger partial charge in [-0.3, -0.25) is 14.9 Å². The van der Waals surface area contributed by atoms with Crippen LogP contribution in [0.2, 0.25) is 0 Å². The monoisotopic (exact) mass is 378 g/mol. The zero-order valence-corrected chi connectivity index (χ0v) is 16.2. The first-order chi connectivity index (χ1) is 12.6. The molecule has 1 saturated heterocycles. The lowest BCUT2D eigenvalue weighted by atomic mass is 10.1. The second-order valence-corrected chi connectivity index (χ2v) is 7.43. The van der Waals surface area contributed by atoms with Crippen LogP contribution < -0.4 is 10.2 Å². The summed E-state index contributed by atoms with van der Waals surface area (Å²) >= 11 is 0. The Hall–Kier alpha value is -2.84. The molecular weight excluding hydrogens is 352 g/mol. The van der Waals surface area contributed by atoms with Gasteiger partial charge in [-0.15, -0.1) is 0 Å². The van der Waals surface area contributed by atoms with Crippen LogP contribution in [-0.4, -0.2) is 53.6 Å². The van der Waals surface area contributed by atoms with Gasteiger partial charge in [-0.1, -0.05) is 0 Å². The number of piperazine rings is 1. The van der Waals surface area contributed by atoms with E-state index in [-0.39, 0.29) is 24.2 Å². The standard InChI is InChI=1S/C18H26N4O5/c1-13(23)19-12-14-11-15(5-6-16(14)22(25)26)20-7-9-21(10-8-20)17(24)27-18(2,3)4/h5-6,11H,7-10,12H2,1-4H3,(H,19,23). The molecule has 9 nitrogen and oxygen atoms in total. The summed E-state index contributed by atoms with van der Waals surface area (Å²) in [6.07, 6.45) is -0.336. The first kappa shape index (κ1) is 20.5. The molecule has 0 atom stereocenters. The maximum Gasteiger partial charge on any atom is 0.410 e. The van der Waals surface area contributed by atoms with E-state index < -0.39 is 10.5 Å². The molecule has 0 radical (unpaired) electrons. The van der Waals surface area contributed by atoms with Gasteiger partial charge in [0, 0.05) is 51.4 Å². The summed E-state index contributed by atoms with van der Waals surface area (Å²) in [5, 5.41) is 13.8. The van der Waals surface area contributed by atoms with E-state index in [4.69, 9.17) is 4.74 Å². The van der Waals surface area contributed by atoms with Crippen LogP contribution in [0.25, 0.3) is 0 Å². The van der Waals surface area contributed by atoms with Gasteiger partial charge in [0.2, 0.25) is 5.91 Å². The summed E-state index contributed by atoms with van der Waals surface area (Å²) in [6.45, 7) is 9.15. The maximum absolute atomic E-state index is 12.1. The second kappa shape index (κ2) is 8.24. The van der Waals surface area contributed by atoms with Gasteiger partial charge in [0.1, 0.15) is 5.60 Å². The number of carbonyl (C=O) groups is 2. The molecule has 27 heavy (non-hydrogen) atoms. The quantitative estimate of drug-likeness (QED) is 0.637. The van der Waals surface area contributed by atoms with Crippen LogP contribution in [0.5, 0.6) is 0 Å². The minimum Gasteiger partial charge on any atom is -0.444 e. The van der Waals surface area contributed by atoms with Gasteiger partial charge in [-0.2, -0.15) is 0 Å². The Morgan fingerprint density at radius 2 is 1.85 bits per heavy atom. The number of rotatable bonds is 4. The summed E-state index contributed by atoms with van der Waals surface area (Å²) in [5.41, 5.74) is 0.706. The molecule has 9 heteroatoms. The van der Waals surface area contributed by atoms with Crippen molar-refractivity contribution in [3.8, 4) is 0 Å². The molecule has 1 aliphatic rings. The third kappa shape index (κ3) is 5.83. The molecule has 1 aromatic carbocycles. The molecule has 0 spiro atoms. The molecule has 2 amide bonds. The third-order valence-electron chi connectivity index (χ3n) is 4.08. The molecule has 2 rings (SSSR count). The van der Waals surface area contributed by atoms with E-state index in [1.807, 2.05) is 20.8 Å². The van der Waals surface area contributed by atoms with E-state index in [2.05, 4.69) is 10.2 Å². The lowest BCUT2D eigenvalue weighted by molar-refractivity contribution is -0.385. The topological polar surface area (TPSA) is 105 Å². The summed E-state index contributed by atoms with van der Waals surface area (Å²) in [5.74, 6) is -0.249. The van der Waals surface area contributed by atoms with Crippen molar-refractivity contribution in [1.29, 1.82) is 0 Å². The van der Waals surface area contributed by atoms with Gasteiger partial charge < -0.3 is 19.9 Å². The fraction of sp³-hybridized carbons (Fsp3) is 0.556. The van der Waals surface area contributed by atoms with E-state index in [9.17, 15) is 19.7 Å². The number of nitrogens with one attached hydrogen (secondary N) is 1. The number of hydrogen-bond donors (Lipinski definition) is 1. The Morgan fingerprint density at radius 1 is 1.22 bits per heavy atom. The van der Waals surface area contributed by atoms with Crippen LogP contribution >= 0.6 is 0 Å². The number of nitro benzene ring substituents is 1. The van der Waals surface area contributed by atoms with Crippen LogP contribution in [0.3, 0.4) is 0 Å². The van der Waals surface area contributed by atoms with Crippen LogP contribution in [0, 0.1) is 10.1 Å². The highest BCUT2D eigenvalue weighted by atomic mass is 16.6. The zero-order chi connectivity index (χ0) is 20.2. The van der Waals surface area contributed by atoms with Crippen LogP contribution in [0.15, 0.2) is 18.2 Å². The summed E-state index contributed by atoms with van der Waals surface area (Å²) in [7, 11) is 0. The zero-order valence-electron chi connectivity index (χ0n) is 16.2. The minimum atomic E-state index is -0.537. The Morgan fingerprint density at radius 3 is 2.37 bits per heavy atom. The smallest absolute Gasteiger partial charge is 0.410 e. The largest absolute Gasteiger partial charge is 0.444 e. The molecule has 1 aliphatic heterocycles. The van der Waals surface area contributed by atoms with Crippen molar-refractivity contribution in [3.05, 3.63) is 33.9 Å². The van der Waals surface area contributed by atoms with Gasteiger partial charge in [0.05, 0.1) is 10.5 Å². The molecule has 148 valence electrons. The molecule has 0 unspecified atom stereocenters. The van der Waals surface area contributed by atoms with Crippen LogP contribution in [0.4, 0.5) is 16.2 Å². The molecular formula is C18H26N4O5. The van der Waals surface area contributed by atoms with E-state index in [0.717, 1.165) is 5.69 Å². The Labute approximate surface area is 158 Å². The number of carbonyl (C=O) groups excluding carboxylic acids is 2. The van der Waals surface area contributed by atoms with Crippen molar-refractivity contribution in [2.45, 2.75) is 39.8 Å². The number of hydrogen-bond acceptors (Lipinski definition) is 6. The number of ether oxygens (including phenoxy) is 1. The number of amides is 2. The van der Waals surface area contributed by atoms with Gasteiger partial charge in [-0.25, -0.2) is 4.79 Å². The van der Waals surface area contributed by atoms with Gasteiger partial charge in [0.25, 0.3) is 5.69 Å². The van der Waals surface area contributed by atoms with Crippen molar-refractivity contribution in [1.82, 2.24) is 10.2 Å². The van der Waals surface area contributed by atoms with E-state index in [0.29, 0.717) is 31.7 Å². The van der Waals surface area contributed by atoms with E-state index in [1.54, 1.807) is 17.0 Å². The second-order valence-electron chi connectivity index (χ2n) is 7.43. The molecule has 0 bridgehead atoms. The summed E-state index contributed by atoms with van der Waals surface area (Å²) < 4.78 is 5.39. The van der Waals surface area contributed by atoms with Crippen molar-refractivity contribution < 1.29 is 19.2 Å². The lowest BCUT2D eigenvalue weighted by Gasteiger charge is -2.36. The fourth-order valence-electron chi connectivity index (χ4n) is 2.78. The number of anilines is 1. The molecule has 1 N–H and O–H groups in total. The highest BCUT2D eigenvalue weighted by molar-refractivity contribution is 5.73. The van der Waals surface area contributed by atoms with Crippen molar-refractivity contribution in [2.24, 2.45) is 0 Å². The first-order valence-corrected chi connectivity index (χ1v) is 8.81. The highest BCUT2D eigenvalue weighted by Crippen LogP contribution is 2.26. The number of nitrogens with zero attached hydrogens (tertiary/aromatic N) is 3. The van der Waals surface area contributed by atoms with Gasteiger partial charge in [0.15, 0.2) is 0 Å². The van der Waals surface area contributed by atoms with Crippen molar-refractivity contribution in [2.75, 3.05) is 31.1 Å². The molecule has 0 aromatic heterocycles. The third-order valence-corrected chi connectivity index (χ3v) is 4.08.